The molecule has 9 heteroatoms. The number of rotatable bonds is 4. The molecular formula is C5H13NO6P2. The van der Waals surface area contributed by atoms with Gasteiger partial charge in [0.15, 0.2) is 0 Å². The summed E-state index contributed by atoms with van der Waals surface area (Å²) in [6.45, 7) is 0.479. The Morgan fingerprint density at radius 1 is 1.00 bits per heavy atom. The minimum absolute atomic E-state index is 0.239. The molecule has 0 spiro atoms. The molecule has 0 aliphatic carbocycles. The molecule has 1 heterocycles. The van der Waals surface area contributed by atoms with Crippen molar-refractivity contribution in [3.8, 4) is 0 Å². The molecule has 1 saturated heterocycles. The van der Waals surface area contributed by atoms with E-state index in [1.54, 1.807) is 0 Å². The summed E-state index contributed by atoms with van der Waals surface area (Å²) in [6.07, 6.45) is -0.948. The van der Waals surface area contributed by atoms with Crippen LogP contribution in [0.1, 0.15) is 0 Å². The van der Waals surface area contributed by atoms with E-state index in [1.807, 2.05) is 0 Å². The fourth-order valence-corrected chi connectivity index (χ4v) is 4.22. The maximum Gasteiger partial charge on any atom is 0.326 e. The van der Waals surface area contributed by atoms with Crippen LogP contribution in [-0.2, 0) is 9.13 Å². The van der Waals surface area contributed by atoms with Gasteiger partial charge in [-0.15, -0.1) is 0 Å². The third kappa shape index (κ3) is 3.79. The Kier molecular flexibility index (Phi) is 3.24. The molecular weight excluding hydrogens is 232 g/mol. The molecule has 0 aromatic heterocycles. The van der Waals surface area contributed by atoms with Crippen LogP contribution in [0.4, 0.5) is 0 Å². The van der Waals surface area contributed by atoms with Crippen LogP contribution in [0.15, 0.2) is 0 Å². The van der Waals surface area contributed by atoms with Gasteiger partial charge in [0, 0.05) is 18.5 Å². The number of nitrogens with one attached hydrogen (secondary N) is 1. The van der Waals surface area contributed by atoms with E-state index in [0.717, 1.165) is 0 Å². The Bertz CT molecular complexity index is 275. The van der Waals surface area contributed by atoms with E-state index >= 15 is 0 Å². The first-order valence-corrected chi connectivity index (χ1v) is 7.51. The van der Waals surface area contributed by atoms with Gasteiger partial charge in [-0.25, -0.2) is 0 Å². The van der Waals surface area contributed by atoms with Gasteiger partial charge in [-0.2, -0.15) is 0 Å². The Balaban J connectivity index is 2.68. The van der Waals surface area contributed by atoms with E-state index < -0.39 is 32.9 Å². The van der Waals surface area contributed by atoms with E-state index in [9.17, 15) is 9.13 Å². The van der Waals surface area contributed by atoms with Gasteiger partial charge in [0.25, 0.3) is 0 Å². The lowest BCUT2D eigenvalue weighted by Gasteiger charge is -2.42. The Hall–Kier alpha value is 0.260. The molecule has 0 unspecified atom stereocenters. The maximum atomic E-state index is 10.7. The van der Waals surface area contributed by atoms with Crippen molar-refractivity contribution in [1.29, 1.82) is 0 Å². The SMILES string of the molecule is O=P(O)(O)CC1(CP(=O)(O)O)CNC1. The topological polar surface area (TPSA) is 127 Å². The van der Waals surface area contributed by atoms with Crippen LogP contribution in [-0.4, -0.2) is 45.0 Å². The standard InChI is InChI=1S/C5H13NO6P2/c7-13(8,9)3-5(1-6-2-5)4-14(10,11)12/h6H,1-4H2,(H2,7,8,9)(H2,10,11,12). The molecule has 1 aliphatic rings. The molecule has 0 saturated carbocycles. The van der Waals surface area contributed by atoms with Gasteiger partial charge < -0.3 is 24.9 Å². The summed E-state index contributed by atoms with van der Waals surface area (Å²) >= 11 is 0. The average molecular weight is 245 g/mol. The smallest absolute Gasteiger partial charge is 0.324 e. The first kappa shape index (κ1) is 12.3. The molecule has 0 amide bonds. The maximum absolute atomic E-state index is 10.7. The fraction of sp³-hybridized carbons (Fsp3) is 1.00. The lowest BCUT2D eigenvalue weighted by atomic mass is 9.86. The fourth-order valence-electron chi connectivity index (χ4n) is 1.63. The summed E-state index contributed by atoms with van der Waals surface area (Å²) in [7, 11) is -8.44. The largest absolute Gasteiger partial charge is 0.326 e. The second-order valence-corrected chi connectivity index (χ2v) is 7.04. The van der Waals surface area contributed by atoms with Gasteiger partial charge in [-0.05, 0) is 0 Å². The van der Waals surface area contributed by atoms with Crippen molar-refractivity contribution in [3.05, 3.63) is 0 Å². The summed E-state index contributed by atoms with van der Waals surface area (Å²) in [4.78, 5) is 35.0. The highest BCUT2D eigenvalue weighted by molar-refractivity contribution is 7.53. The molecule has 1 rings (SSSR count). The van der Waals surface area contributed by atoms with E-state index in [4.69, 9.17) is 19.6 Å². The molecule has 0 radical (unpaired) electrons. The van der Waals surface area contributed by atoms with E-state index in [2.05, 4.69) is 5.32 Å². The summed E-state index contributed by atoms with van der Waals surface area (Å²) in [5.41, 5.74) is -0.946. The summed E-state index contributed by atoms with van der Waals surface area (Å²) < 4.78 is 21.5. The van der Waals surface area contributed by atoms with Gasteiger partial charge in [0.2, 0.25) is 0 Å². The van der Waals surface area contributed by atoms with Gasteiger partial charge >= 0.3 is 15.2 Å². The second kappa shape index (κ2) is 3.68. The van der Waals surface area contributed by atoms with Crippen LogP contribution >= 0.6 is 15.2 Å². The van der Waals surface area contributed by atoms with Gasteiger partial charge in [-0.3, -0.25) is 9.13 Å². The lowest BCUT2D eigenvalue weighted by Crippen LogP contribution is -2.57. The van der Waals surface area contributed by atoms with E-state index in [-0.39, 0.29) is 13.1 Å². The molecule has 0 atom stereocenters. The first-order valence-electron chi connectivity index (χ1n) is 3.92. The van der Waals surface area contributed by atoms with Crippen LogP contribution in [0.2, 0.25) is 0 Å². The zero-order valence-electron chi connectivity index (χ0n) is 7.33. The van der Waals surface area contributed by atoms with Crippen LogP contribution in [0.25, 0.3) is 0 Å². The van der Waals surface area contributed by atoms with Gasteiger partial charge in [0.1, 0.15) is 0 Å². The molecule has 0 aromatic carbocycles. The molecule has 14 heavy (non-hydrogen) atoms. The third-order valence-electron chi connectivity index (χ3n) is 2.08. The average Bonchev–Trinajstić information content (AvgIpc) is 1.75. The molecule has 0 bridgehead atoms. The highest BCUT2D eigenvalue weighted by atomic mass is 31.2. The highest BCUT2D eigenvalue weighted by Gasteiger charge is 2.46. The molecule has 7 nitrogen and oxygen atoms in total. The van der Waals surface area contributed by atoms with Gasteiger partial charge in [-0.1, -0.05) is 0 Å². The molecule has 5 N–H and O–H groups in total. The molecule has 0 aromatic rings. The monoisotopic (exact) mass is 245 g/mol. The summed E-state index contributed by atoms with van der Waals surface area (Å²) in [5, 5.41) is 2.76. The van der Waals surface area contributed by atoms with Crippen LogP contribution in [0.5, 0.6) is 0 Å². The Labute approximate surface area is 80.8 Å². The van der Waals surface area contributed by atoms with Crippen molar-refractivity contribution in [1.82, 2.24) is 5.32 Å². The first-order chi connectivity index (χ1) is 6.12. The number of hydrogen-bond donors (Lipinski definition) is 5. The van der Waals surface area contributed by atoms with Crippen LogP contribution in [0.3, 0.4) is 0 Å². The van der Waals surface area contributed by atoms with Crippen molar-refractivity contribution < 1.29 is 28.7 Å². The zero-order chi connectivity index (χ0) is 11.0. The molecule has 1 fully saturated rings. The van der Waals surface area contributed by atoms with Gasteiger partial charge in [0.05, 0.1) is 12.3 Å². The molecule has 1 aliphatic heterocycles. The van der Waals surface area contributed by atoms with Crippen LogP contribution < -0.4 is 5.32 Å². The lowest BCUT2D eigenvalue weighted by molar-refractivity contribution is 0.203. The highest BCUT2D eigenvalue weighted by Crippen LogP contribution is 2.50. The number of hydrogen-bond acceptors (Lipinski definition) is 3. The predicted molar refractivity (Wildman–Crippen MR) is 49.1 cm³/mol. The zero-order valence-corrected chi connectivity index (χ0v) is 9.12. The second-order valence-electron chi connectivity index (χ2n) is 3.75. The normalized spacial score (nSPS) is 21.7. The van der Waals surface area contributed by atoms with Crippen molar-refractivity contribution in [3.63, 3.8) is 0 Å². The van der Waals surface area contributed by atoms with Crippen molar-refractivity contribution in [2.75, 3.05) is 25.4 Å². The summed E-state index contributed by atoms with van der Waals surface area (Å²) in [6, 6.07) is 0. The third-order valence-corrected chi connectivity index (χ3v) is 4.25. The Morgan fingerprint density at radius 2 is 1.36 bits per heavy atom. The van der Waals surface area contributed by atoms with Crippen molar-refractivity contribution >= 4 is 15.2 Å². The predicted octanol–water partition coefficient (Wildman–Crippen LogP) is -1.07. The minimum Gasteiger partial charge on any atom is -0.324 e. The van der Waals surface area contributed by atoms with E-state index in [0.29, 0.717) is 0 Å². The minimum atomic E-state index is -4.22. The quantitative estimate of drug-likeness (QED) is 0.399. The van der Waals surface area contributed by atoms with E-state index in [1.165, 1.54) is 0 Å². The molecule has 84 valence electrons. The van der Waals surface area contributed by atoms with Crippen molar-refractivity contribution in [2.45, 2.75) is 0 Å². The van der Waals surface area contributed by atoms with Crippen molar-refractivity contribution in [2.24, 2.45) is 5.41 Å². The van der Waals surface area contributed by atoms with Crippen LogP contribution in [0, 0.1) is 5.41 Å². The summed E-state index contributed by atoms with van der Waals surface area (Å²) in [5.74, 6) is 0. The Morgan fingerprint density at radius 3 is 1.50 bits per heavy atom.